The first-order chi connectivity index (χ1) is 16.3. The Bertz CT molecular complexity index is 1670. The monoisotopic (exact) mass is 459 g/mol. The molecule has 0 saturated carbocycles. The van der Waals surface area contributed by atoms with E-state index in [-0.39, 0.29) is 0 Å². The first-order valence-electron chi connectivity index (χ1n) is 11.3. The van der Waals surface area contributed by atoms with Gasteiger partial charge in [-0.3, -0.25) is 0 Å². The molecule has 4 aromatic carbocycles. The van der Waals surface area contributed by atoms with Crippen molar-refractivity contribution in [3.63, 3.8) is 0 Å². The molecule has 0 saturated heterocycles. The van der Waals surface area contributed by atoms with Gasteiger partial charge in [-0.2, -0.15) is 0 Å². The Hall–Kier alpha value is -3.40. The van der Waals surface area contributed by atoms with Crippen molar-refractivity contribution in [3.8, 4) is 0 Å². The molecule has 0 radical (unpaired) electrons. The van der Waals surface area contributed by atoms with E-state index in [2.05, 4.69) is 108 Å². The van der Waals surface area contributed by atoms with Gasteiger partial charge in [0.1, 0.15) is 0 Å². The lowest BCUT2D eigenvalue weighted by Crippen LogP contribution is -2.04. The van der Waals surface area contributed by atoms with Crippen LogP contribution in [0.3, 0.4) is 0 Å². The summed E-state index contributed by atoms with van der Waals surface area (Å²) in [6, 6.07) is 33.1. The summed E-state index contributed by atoms with van der Waals surface area (Å²) in [5.41, 5.74) is 5.13. The van der Waals surface area contributed by atoms with Gasteiger partial charge in [0.2, 0.25) is 0 Å². The number of hydrogen-bond donors (Lipinski definition) is 1. The molecular formula is C30H21NS2. The van der Waals surface area contributed by atoms with E-state index >= 15 is 0 Å². The molecule has 1 nitrogen and oxygen atoms in total. The van der Waals surface area contributed by atoms with Crippen LogP contribution in [0.25, 0.3) is 36.3 Å². The summed E-state index contributed by atoms with van der Waals surface area (Å²) in [7, 11) is 0. The Labute approximate surface area is 200 Å². The fourth-order valence-corrected chi connectivity index (χ4v) is 7.20. The zero-order valence-corrected chi connectivity index (χ0v) is 19.5. The molecule has 1 aliphatic rings. The Morgan fingerprint density at radius 3 is 2.18 bits per heavy atom. The van der Waals surface area contributed by atoms with Crippen molar-refractivity contribution in [2.75, 3.05) is 5.32 Å². The molecule has 0 spiro atoms. The summed E-state index contributed by atoms with van der Waals surface area (Å²) in [5.74, 6) is 0.429. The molecule has 3 heteroatoms. The predicted octanol–water partition coefficient (Wildman–Crippen LogP) is 9.37. The van der Waals surface area contributed by atoms with Gasteiger partial charge in [0, 0.05) is 47.0 Å². The molecule has 7 rings (SSSR count). The fourth-order valence-electron chi connectivity index (χ4n) is 4.97. The molecule has 1 aliphatic carbocycles. The van der Waals surface area contributed by atoms with Crippen LogP contribution in [0, 0.1) is 0 Å². The van der Waals surface area contributed by atoms with Crippen molar-refractivity contribution in [1.29, 1.82) is 0 Å². The van der Waals surface area contributed by atoms with Gasteiger partial charge < -0.3 is 5.32 Å². The van der Waals surface area contributed by atoms with E-state index in [0.717, 1.165) is 17.8 Å². The highest BCUT2D eigenvalue weighted by Crippen LogP contribution is 2.40. The highest BCUT2D eigenvalue weighted by molar-refractivity contribution is 7.25. The smallest absolute Gasteiger partial charge is 0.0391 e. The van der Waals surface area contributed by atoms with E-state index in [1.165, 1.54) is 46.3 Å². The van der Waals surface area contributed by atoms with E-state index in [9.17, 15) is 0 Å². The van der Waals surface area contributed by atoms with E-state index in [4.69, 9.17) is 0 Å². The maximum atomic E-state index is 3.60. The quantitative estimate of drug-likeness (QED) is 0.278. The minimum Gasteiger partial charge on any atom is -0.356 e. The molecule has 1 unspecified atom stereocenters. The van der Waals surface area contributed by atoms with Crippen molar-refractivity contribution < 1.29 is 0 Å². The van der Waals surface area contributed by atoms with E-state index in [1.54, 1.807) is 0 Å². The molecular weight excluding hydrogens is 438 g/mol. The first kappa shape index (κ1) is 19.1. The van der Waals surface area contributed by atoms with Crippen LogP contribution in [0.2, 0.25) is 0 Å². The average molecular weight is 460 g/mol. The minimum absolute atomic E-state index is 0.429. The third-order valence-electron chi connectivity index (χ3n) is 6.64. The number of hydrogen-bond acceptors (Lipinski definition) is 3. The highest BCUT2D eigenvalue weighted by atomic mass is 32.1. The third-order valence-corrected chi connectivity index (χ3v) is 8.97. The summed E-state index contributed by atoms with van der Waals surface area (Å²) in [6.45, 7) is 0. The molecule has 0 aliphatic heterocycles. The lowest BCUT2D eigenvalue weighted by atomic mass is 9.87. The zero-order chi connectivity index (χ0) is 21.8. The van der Waals surface area contributed by atoms with Crippen molar-refractivity contribution in [1.82, 2.24) is 0 Å². The largest absolute Gasteiger partial charge is 0.356 e. The van der Waals surface area contributed by atoms with Crippen LogP contribution in [0.4, 0.5) is 11.4 Å². The van der Waals surface area contributed by atoms with Gasteiger partial charge in [-0.15, -0.1) is 22.7 Å². The normalized spacial score (nSPS) is 15.3. The Balaban J connectivity index is 1.15. The molecule has 1 N–H and O–H groups in total. The summed E-state index contributed by atoms with van der Waals surface area (Å²) in [6.07, 6.45) is 5.76. The molecule has 1 atom stereocenters. The lowest BCUT2D eigenvalue weighted by Gasteiger charge is -2.18. The minimum atomic E-state index is 0.429. The van der Waals surface area contributed by atoms with Crippen LogP contribution in [0.15, 0.2) is 97.1 Å². The first-order valence-corrected chi connectivity index (χ1v) is 12.9. The number of nitrogens with one attached hydrogen (secondary N) is 1. The zero-order valence-electron chi connectivity index (χ0n) is 17.9. The summed E-state index contributed by atoms with van der Waals surface area (Å²) >= 11 is 3.76. The maximum absolute atomic E-state index is 3.60. The van der Waals surface area contributed by atoms with E-state index < -0.39 is 0 Å². The van der Waals surface area contributed by atoms with Gasteiger partial charge in [0.25, 0.3) is 0 Å². The van der Waals surface area contributed by atoms with Gasteiger partial charge in [0.05, 0.1) is 0 Å². The molecule has 33 heavy (non-hydrogen) atoms. The second-order valence-electron chi connectivity index (χ2n) is 8.67. The SMILES string of the molecule is C1=CC(c2ccc(Nc3ccc4sc5ccccc5c4c3)cc2)Cc2c1sc1ccccc21. The third kappa shape index (κ3) is 3.28. The average Bonchev–Trinajstić information content (AvgIpc) is 3.42. The molecule has 0 amide bonds. The van der Waals surface area contributed by atoms with Gasteiger partial charge in [-0.1, -0.05) is 54.6 Å². The van der Waals surface area contributed by atoms with Crippen molar-refractivity contribution in [3.05, 3.63) is 113 Å². The van der Waals surface area contributed by atoms with Crippen molar-refractivity contribution >= 4 is 70.4 Å². The fraction of sp³-hybridized carbons (Fsp3) is 0.0667. The number of fused-ring (bicyclic) bond motifs is 6. The van der Waals surface area contributed by atoms with Gasteiger partial charge in [-0.25, -0.2) is 0 Å². The molecule has 0 bridgehead atoms. The topological polar surface area (TPSA) is 12.0 Å². The van der Waals surface area contributed by atoms with Gasteiger partial charge in [0.15, 0.2) is 0 Å². The van der Waals surface area contributed by atoms with Crippen LogP contribution >= 0.6 is 22.7 Å². The van der Waals surface area contributed by atoms with Crippen molar-refractivity contribution in [2.45, 2.75) is 12.3 Å². The summed E-state index contributed by atoms with van der Waals surface area (Å²) < 4.78 is 4.07. The van der Waals surface area contributed by atoms with E-state index in [0.29, 0.717) is 5.92 Å². The Morgan fingerprint density at radius 1 is 0.636 bits per heavy atom. The molecule has 2 aromatic heterocycles. The lowest BCUT2D eigenvalue weighted by molar-refractivity contribution is 0.837. The molecule has 2 heterocycles. The number of anilines is 2. The van der Waals surface area contributed by atoms with E-state index in [1.807, 2.05) is 22.7 Å². The molecule has 158 valence electrons. The van der Waals surface area contributed by atoms with Gasteiger partial charge >= 0.3 is 0 Å². The van der Waals surface area contributed by atoms with Crippen LogP contribution in [-0.2, 0) is 6.42 Å². The number of thiophene rings is 2. The summed E-state index contributed by atoms with van der Waals surface area (Å²) in [4.78, 5) is 1.42. The predicted molar refractivity (Wildman–Crippen MR) is 146 cm³/mol. The van der Waals surface area contributed by atoms with Crippen LogP contribution < -0.4 is 5.32 Å². The molecule has 0 fully saturated rings. The van der Waals surface area contributed by atoms with Crippen LogP contribution in [-0.4, -0.2) is 0 Å². The molecule has 6 aromatic rings. The summed E-state index contributed by atoms with van der Waals surface area (Å²) in [5, 5.41) is 7.68. The second-order valence-corrected chi connectivity index (χ2v) is 10.8. The Kier molecular flexibility index (Phi) is 4.39. The van der Waals surface area contributed by atoms with Gasteiger partial charge in [-0.05, 0) is 71.5 Å². The number of rotatable bonds is 3. The highest BCUT2D eigenvalue weighted by Gasteiger charge is 2.19. The maximum Gasteiger partial charge on any atom is 0.0391 e. The van der Waals surface area contributed by atoms with Crippen molar-refractivity contribution in [2.24, 2.45) is 0 Å². The van der Waals surface area contributed by atoms with Crippen LogP contribution in [0.1, 0.15) is 21.9 Å². The van der Waals surface area contributed by atoms with Crippen LogP contribution in [0.5, 0.6) is 0 Å². The number of allylic oxidation sites excluding steroid dienone is 1. The Morgan fingerprint density at radius 2 is 1.33 bits per heavy atom. The number of benzene rings is 4. The standard InChI is InChI=1S/C30H21NS2/c1-3-7-27-23(5-1)25-17-20(11-15-29(25)32-27)19-9-12-21(13-10-19)31-22-14-16-30-26(18-22)24-6-2-4-8-28(24)33-30/h1-16,18,20,31H,17H2. The second kappa shape index (κ2) is 7.58.